The average molecular weight is 669 g/mol. The van der Waals surface area contributed by atoms with E-state index >= 15 is 0 Å². The number of aliphatic imine (C=N–C) groups is 1. The summed E-state index contributed by atoms with van der Waals surface area (Å²) in [4.78, 5) is 31.3. The minimum atomic E-state index is 0.0256. The largest absolute Gasteiger partial charge is 0.473 e. The highest BCUT2D eigenvalue weighted by Crippen LogP contribution is 2.13. The number of hydrogen-bond donors (Lipinski definition) is 0. The Morgan fingerprint density at radius 2 is 1.00 bits per heavy atom. The molecule has 274 valence electrons. The van der Waals surface area contributed by atoms with E-state index in [0.717, 1.165) is 25.7 Å². The molecule has 0 aliphatic carbocycles. The standard InChI is InChI=1S/C21H37NO2.C21H35NO2/c2*1-2-3-4-5-6-7-8-9-10-11-12-13-14-15-16-17-20(23)21-22-18-19-24-21/h9-10H,2-8,11-19H2,1H3;9-10,18-19H,2-8,11-17H2,1H3/b2*10-9-. The molecule has 48 heavy (non-hydrogen) atoms. The first-order chi connectivity index (χ1) is 23.7. The molecule has 1 aromatic heterocycles. The molecule has 0 atom stereocenters. The minimum Gasteiger partial charge on any atom is -0.473 e. The summed E-state index contributed by atoms with van der Waals surface area (Å²) < 4.78 is 10.2. The second-order valence-electron chi connectivity index (χ2n) is 13.4. The van der Waals surface area contributed by atoms with Gasteiger partial charge in [0.15, 0.2) is 0 Å². The van der Waals surface area contributed by atoms with Gasteiger partial charge in [0.2, 0.25) is 11.6 Å². The zero-order valence-electron chi connectivity index (χ0n) is 31.2. The lowest BCUT2D eigenvalue weighted by Crippen LogP contribution is -2.13. The number of carbonyl (C=O) groups excluding carboxylic acids is 2. The number of ether oxygens (including phenoxy) is 1. The van der Waals surface area contributed by atoms with Crippen molar-refractivity contribution in [2.75, 3.05) is 13.2 Å². The van der Waals surface area contributed by atoms with E-state index in [4.69, 9.17) is 9.15 Å². The van der Waals surface area contributed by atoms with Crippen molar-refractivity contribution >= 4 is 17.5 Å². The Morgan fingerprint density at radius 1 is 0.583 bits per heavy atom. The molecule has 6 heteroatoms. The third-order valence-corrected chi connectivity index (χ3v) is 8.83. The molecule has 0 saturated heterocycles. The van der Waals surface area contributed by atoms with Crippen molar-refractivity contribution in [3.8, 4) is 0 Å². The highest BCUT2D eigenvalue weighted by Gasteiger charge is 2.16. The number of hydrogen-bond acceptors (Lipinski definition) is 6. The number of ketones is 2. The van der Waals surface area contributed by atoms with Crippen molar-refractivity contribution < 1.29 is 18.7 Å². The Morgan fingerprint density at radius 3 is 1.40 bits per heavy atom. The van der Waals surface area contributed by atoms with Gasteiger partial charge in [-0.25, -0.2) is 9.98 Å². The summed E-state index contributed by atoms with van der Waals surface area (Å²) in [7, 11) is 0. The van der Waals surface area contributed by atoms with E-state index in [9.17, 15) is 9.59 Å². The monoisotopic (exact) mass is 669 g/mol. The van der Waals surface area contributed by atoms with E-state index in [0.29, 0.717) is 31.9 Å². The summed E-state index contributed by atoms with van der Waals surface area (Å²) in [6.45, 7) is 5.75. The van der Waals surface area contributed by atoms with E-state index in [2.05, 4.69) is 48.1 Å². The molecule has 0 fully saturated rings. The van der Waals surface area contributed by atoms with Gasteiger partial charge in [-0.05, 0) is 64.2 Å². The van der Waals surface area contributed by atoms with Crippen molar-refractivity contribution in [2.24, 2.45) is 4.99 Å². The maximum absolute atomic E-state index is 11.7. The molecule has 0 aromatic carbocycles. The third-order valence-electron chi connectivity index (χ3n) is 8.83. The van der Waals surface area contributed by atoms with Gasteiger partial charge in [0.25, 0.3) is 11.8 Å². The van der Waals surface area contributed by atoms with Crippen molar-refractivity contribution in [3.05, 3.63) is 42.7 Å². The molecule has 0 radical (unpaired) electrons. The van der Waals surface area contributed by atoms with Crippen LogP contribution in [0.4, 0.5) is 0 Å². The van der Waals surface area contributed by atoms with Gasteiger partial charge in [-0.15, -0.1) is 0 Å². The van der Waals surface area contributed by atoms with Crippen molar-refractivity contribution in [2.45, 2.75) is 194 Å². The molecule has 0 N–H and O–H groups in total. The van der Waals surface area contributed by atoms with E-state index in [1.165, 1.54) is 154 Å². The summed E-state index contributed by atoms with van der Waals surface area (Å²) >= 11 is 0. The van der Waals surface area contributed by atoms with Gasteiger partial charge in [0.1, 0.15) is 12.9 Å². The molecule has 0 bridgehead atoms. The molecular weight excluding hydrogens is 596 g/mol. The van der Waals surface area contributed by atoms with Gasteiger partial charge in [-0.3, -0.25) is 9.59 Å². The summed E-state index contributed by atoms with van der Waals surface area (Å²) in [5.41, 5.74) is 0. The first-order valence-electron chi connectivity index (χ1n) is 20.1. The number of unbranched alkanes of at least 4 members (excludes halogenated alkanes) is 22. The second-order valence-corrected chi connectivity index (χ2v) is 13.4. The molecule has 2 heterocycles. The molecule has 0 amide bonds. The molecule has 0 unspecified atom stereocenters. The molecule has 0 saturated carbocycles. The van der Waals surface area contributed by atoms with Crippen LogP contribution in [0.1, 0.15) is 204 Å². The van der Waals surface area contributed by atoms with E-state index in [1.807, 2.05) is 0 Å². The van der Waals surface area contributed by atoms with Crippen molar-refractivity contribution in [1.29, 1.82) is 0 Å². The predicted octanol–water partition coefficient (Wildman–Crippen LogP) is 12.9. The van der Waals surface area contributed by atoms with Crippen molar-refractivity contribution in [3.63, 3.8) is 0 Å². The van der Waals surface area contributed by atoms with Gasteiger partial charge in [0, 0.05) is 12.8 Å². The fourth-order valence-electron chi connectivity index (χ4n) is 5.79. The first kappa shape index (κ1) is 43.5. The van der Waals surface area contributed by atoms with E-state index < -0.39 is 0 Å². The van der Waals surface area contributed by atoms with Crippen LogP contribution in [0.25, 0.3) is 0 Å². The SMILES string of the molecule is CCCCCCCC/C=C\CCCCCCCC(=O)C1=NCCO1.CCCCCCCC/C=C\CCCCCCCC(=O)c1ncco1. The van der Waals surface area contributed by atoms with Gasteiger partial charge in [-0.2, -0.15) is 0 Å². The maximum atomic E-state index is 11.7. The Bertz CT molecular complexity index is 951. The van der Waals surface area contributed by atoms with Crippen molar-refractivity contribution in [1.82, 2.24) is 4.98 Å². The van der Waals surface area contributed by atoms with Crippen LogP contribution in [-0.2, 0) is 9.53 Å². The number of nitrogens with zero attached hydrogens (tertiary/aromatic N) is 2. The Hall–Kier alpha value is -2.50. The van der Waals surface area contributed by atoms with Crippen LogP contribution in [0.3, 0.4) is 0 Å². The lowest BCUT2D eigenvalue weighted by molar-refractivity contribution is -0.114. The quantitative estimate of drug-likeness (QED) is 0.0433. The van der Waals surface area contributed by atoms with Crippen LogP contribution >= 0.6 is 0 Å². The Labute approximate surface area is 295 Å². The lowest BCUT2D eigenvalue weighted by atomic mass is 10.1. The average Bonchev–Trinajstić information content (AvgIpc) is 3.84. The molecular formula is C42H72N2O4. The number of carbonyl (C=O) groups is 2. The molecule has 0 spiro atoms. The minimum absolute atomic E-state index is 0.0256. The number of aromatic nitrogens is 1. The summed E-state index contributed by atoms with van der Waals surface area (Å²) in [6, 6.07) is 0. The molecule has 1 aliphatic rings. The Kier molecular flexibility index (Phi) is 31.2. The summed E-state index contributed by atoms with van der Waals surface area (Å²) in [5.74, 6) is 0.735. The van der Waals surface area contributed by atoms with Crippen LogP contribution < -0.4 is 0 Å². The van der Waals surface area contributed by atoms with Gasteiger partial charge in [-0.1, -0.05) is 141 Å². The number of allylic oxidation sites excluding steroid dienone is 4. The van der Waals surface area contributed by atoms with Crippen LogP contribution in [0.2, 0.25) is 0 Å². The lowest BCUT2D eigenvalue weighted by Gasteiger charge is -2.01. The normalized spacial score (nSPS) is 12.8. The first-order valence-corrected chi connectivity index (χ1v) is 20.1. The number of Topliss-reactive ketones (excluding diaryl/α,β-unsaturated/α-hetero) is 2. The van der Waals surface area contributed by atoms with Gasteiger partial charge >= 0.3 is 0 Å². The van der Waals surface area contributed by atoms with Crippen LogP contribution in [-0.4, -0.2) is 35.6 Å². The molecule has 1 aromatic rings. The maximum Gasteiger partial charge on any atom is 0.263 e. The fraction of sp³-hybridized carbons (Fsp3) is 0.762. The van der Waals surface area contributed by atoms with Crippen LogP contribution in [0.15, 0.2) is 46.2 Å². The molecule has 1 aliphatic heterocycles. The number of rotatable bonds is 32. The number of oxazole rings is 1. The van der Waals surface area contributed by atoms with E-state index in [-0.39, 0.29) is 17.5 Å². The summed E-state index contributed by atoms with van der Waals surface area (Å²) in [6.07, 6.45) is 46.7. The Balaban J connectivity index is 0.000000480. The zero-order chi connectivity index (χ0) is 34.6. The van der Waals surface area contributed by atoms with Gasteiger partial charge < -0.3 is 9.15 Å². The summed E-state index contributed by atoms with van der Waals surface area (Å²) in [5, 5.41) is 0. The van der Waals surface area contributed by atoms with Crippen LogP contribution in [0, 0.1) is 0 Å². The van der Waals surface area contributed by atoms with Crippen LogP contribution in [0.5, 0.6) is 0 Å². The smallest absolute Gasteiger partial charge is 0.263 e. The topological polar surface area (TPSA) is 81.8 Å². The third kappa shape index (κ3) is 27.5. The second kappa shape index (κ2) is 34.4. The zero-order valence-corrected chi connectivity index (χ0v) is 31.2. The van der Waals surface area contributed by atoms with E-state index in [1.54, 1.807) is 0 Å². The molecule has 6 nitrogen and oxygen atoms in total. The highest BCUT2D eigenvalue weighted by atomic mass is 16.5. The fourth-order valence-corrected chi connectivity index (χ4v) is 5.79. The van der Waals surface area contributed by atoms with Gasteiger partial charge in [0.05, 0.1) is 12.7 Å². The predicted molar refractivity (Wildman–Crippen MR) is 203 cm³/mol. The molecule has 2 rings (SSSR count). The highest BCUT2D eigenvalue weighted by molar-refractivity contribution is 6.36.